The first kappa shape index (κ1) is 12.9. The summed E-state index contributed by atoms with van der Waals surface area (Å²) in [5.74, 6) is -0.491. The molecule has 0 aliphatic rings. The van der Waals surface area contributed by atoms with Gasteiger partial charge in [-0.05, 0) is 18.1 Å². The van der Waals surface area contributed by atoms with Gasteiger partial charge in [-0.15, -0.1) is 0 Å². The van der Waals surface area contributed by atoms with Crippen LogP contribution in [-0.2, 0) is 11.2 Å². The summed E-state index contributed by atoms with van der Waals surface area (Å²) >= 11 is 0. The fraction of sp³-hybridized carbons (Fsp3) is 0.300. The number of nitrogens with zero attached hydrogens (tertiary/aromatic N) is 1. The van der Waals surface area contributed by atoms with E-state index >= 15 is 0 Å². The molecule has 92 valence electrons. The molecule has 0 saturated heterocycles. The van der Waals surface area contributed by atoms with E-state index < -0.39 is 16.9 Å². The van der Waals surface area contributed by atoms with Crippen molar-refractivity contribution < 1.29 is 14.5 Å². The van der Waals surface area contributed by atoms with Crippen LogP contribution in [0.15, 0.2) is 18.2 Å². The van der Waals surface area contributed by atoms with E-state index in [1.807, 2.05) is 0 Å². The number of amides is 1. The Morgan fingerprint density at radius 2 is 2.24 bits per heavy atom. The summed E-state index contributed by atoms with van der Waals surface area (Å²) in [6, 6.07) is 3.53. The number of carbonyl (C=O) groups is 1. The highest BCUT2D eigenvalue weighted by atomic mass is 16.6. The standard InChI is InChI=1S/C10H13N3O4/c1-17-9-3-2-6(4-7(11)10(12)14)5-8(9)13(15)16/h2-3,5,7H,4,11H2,1H3,(H2,12,14). The number of nitro groups is 1. The number of nitrogens with two attached hydrogens (primary N) is 2. The molecule has 7 nitrogen and oxygen atoms in total. The molecule has 1 unspecified atom stereocenters. The molecule has 1 atom stereocenters. The van der Waals surface area contributed by atoms with E-state index in [1.165, 1.54) is 19.2 Å². The fourth-order valence-electron chi connectivity index (χ4n) is 1.36. The quantitative estimate of drug-likeness (QED) is 0.551. The van der Waals surface area contributed by atoms with Crippen LogP contribution in [0.4, 0.5) is 5.69 Å². The van der Waals surface area contributed by atoms with E-state index in [4.69, 9.17) is 16.2 Å². The van der Waals surface area contributed by atoms with Gasteiger partial charge in [-0.1, -0.05) is 6.07 Å². The van der Waals surface area contributed by atoms with Gasteiger partial charge in [-0.25, -0.2) is 0 Å². The molecule has 0 heterocycles. The first-order valence-corrected chi connectivity index (χ1v) is 4.82. The second kappa shape index (κ2) is 5.26. The molecule has 7 heteroatoms. The fourth-order valence-corrected chi connectivity index (χ4v) is 1.36. The number of benzene rings is 1. The smallest absolute Gasteiger partial charge is 0.311 e. The third-order valence-corrected chi connectivity index (χ3v) is 2.26. The molecule has 0 spiro atoms. The van der Waals surface area contributed by atoms with Gasteiger partial charge in [0.05, 0.1) is 18.1 Å². The molecule has 1 amide bonds. The van der Waals surface area contributed by atoms with Gasteiger partial charge in [0.15, 0.2) is 5.75 Å². The van der Waals surface area contributed by atoms with E-state index in [0.717, 1.165) is 0 Å². The highest BCUT2D eigenvalue weighted by Gasteiger charge is 2.17. The molecule has 17 heavy (non-hydrogen) atoms. The summed E-state index contributed by atoms with van der Waals surface area (Å²) in [5.41, 5.74) is 10.9. The second-order valence-electron chi connectivity index (χ2n) is 3.48. The van der Waals surface area contributed by atoms with Gasteiger partial charge in [0.1, 0.15) is 0 Å². The van der Waals surface area contributed by atoms with Crippen molar-refractivity contribution in [3.05, 3.63) is 33.9 Å². The lowest BCUT2D eigenvalue weighted by molar-refractivity contribution is -0.385. The van der Waals surface area contributed by atoms with Crippen molar-refractivity contribution in [1.29, 1.82) is 0 Å². The van der Waals surface area contributed by atoms with Crippen LogP contribution in [0.2, 0.25) is 0 Å². The van der Waals surface area contributed by atoms with Crippen LogP contribution in [0.25, 0.3) is 0 Å². The summed E-state index contributed by atoms with van der Waals surface area (Å²) in [5, 5.41) is 10.8. The molecular formula is C10H13N3O4. The minimum atomic E-state index is -0.858. The lowest BCUT2D eigenvalue weighted by Gasteiger charge is -2.08. The normalized spacial score (nSPS) is 11.9. The summed E-state index contributed by atoms with van der Waals surface area (Å²) in [7, 11) is 1.34. The van der Waals surface area contributed by atoms with E-state index in [0.29, 0.717) is 5.56 Å². The minimum Gasteiger partial charge on any atom is -0.490 e. The summed E-state index contributed by atoms with van der Waals surface area (Å²) in [4.78, 5) is 21.0. The van der Waals surface area contributed by atoms with E-state index in [9.17, 15) is 14.9 Å². The van der Waals surface area contributed by atoms with Crippen LogP contribution in [0.3, 0.4) is 0 Å². The number of rotatable bonds is 5. The van der Waals surface area contributed by atoms with Crippen molar-refractivity contribution in [3.8, 4) is 5.75 Å². The van der Waals surface area contributed by atoms with Gasteiger partial charge < -0.3 is 16.2 Å². The molecule has 0 aromatic heterocycles. The molecule has 0 aliphatic carbocycles. The minimum absolute atomic E-state index is 0.153. The third kappa shape index (κ3) is 3.15. The lowest BCUT2D eigenvalue weighted by Crippen LogP contribution is -2.38. The van der Waals surface area contributed by atoms with Gasteiger partial charge in [-0.2, -0.15) is 0 Å². The monoisotopic (exact) mass is 239 g/mol. The summed E-state index contributed by atoms with van der Waals surface area (Å²) < 4.78 is 4.85. The average Bonchev–Trinajstić information content (AvgIpc) is 2.28. The molecule has 4 N–H and O–H groups in total. The number of methoxy groups -OCH3 is 1. The zero-order valence-corrected chi connectivity index (χ0v) is 9.25. The molecule has 0 bridgehead atoms. The lowest BCUT2D eigenvalue weighted by atomic mass is 10.1. The summed E-state index contributed by atoms with van der Waals surface area (Å²) in [6.45, 7) is 0. The van der Waals surface area contributed by atoms with Gasteiger partial charge in [0.2, 0.25) is 5.91 Å². The first-order valence-electron chi connectivity index (χ1n) is 4.82. The average molecular weight is 239 g/mol. The van der Waals surface area contributed by atoms with Crippen LogP contribution in [0.5, 0.6) is 5.75 Å². The Kier molecular flexibility index (Phi) is 4.00. The topological polar surface area (TPSA) is 121 Å². The number of nitro benzene ring substituents is 1. The van der Waals surface area contributed by atoms with Crippen molar-refractivity contribution >= 4 is 11.6 Å². The van der Waals surface area contributed by atoms with Crippen LogP contribution in [0.1, 0.15) is 5.56 Å². The van der Waals surface area contributed by atoms with Gasteiger partial charge >= 0.3 is 5.69 Å². The summed E-state index contributed by atoms with van der Waals surface area (Å²) in [6.07, 6.45) is 0.153. The molecule has 1 rings (SSSR count). The maximum absolute atomic E-state index is 10.8. The maximum atomic E-state index is 10.8. The Balaban J connectivity index is 3.00. The molecule has 0 aliphatic heterocycles. The Morgan fingerprint density at radius 1 is 1.59 bits per heavy atom. The number of hydrogen-bond donors (Lipinski definition) is 2. The number of carbonyl (C=O) groups excluding carboxylic acids is 1. The number of primary amides is 1. The van der Waals surface area contributed by atoms with E-state index in [2.05, 4.69) is 0 Å². The maximum Gasteiger partial charge on any atom is 0.311 e. The zero-order valence-electron chi connectivity index (χ0n) is 9.25. The predicted molar refractivity (Wildman–Crippen MR) is 60.5 cm³/mol. The van der Waals surface area contributed by atoms with Crippen molar-refractivity contribution in [2.45, 2.75) is 12.5 Å². The van der Waals surface area contributed by atoms with Crippen LogP contribution < -0.4 is 16.2 Å². The van der Waals surface area contributed by atoms with Crippen LogP contribution in [-0.4, -0.2) is 24.0 Å². The number of hydrogen-bond acceptors (Lipinski definition) is 5. The van der Waals surface area contributed by atoms with E-state index in [-0.39, 0.29) is 17.9 Å². The largest absolute Gasteiger partial charge is 0.490 e. The van der Waals surface area contributed by atoms with Crippen molar-refractivity contribution in [2.24, 2.45) is 11.5 Å². The first-order chi connectivity index (χ1) is 7.95. The van der Waals surface area contributed by atoms with Crippen LogP contribution in [0, 0.1) is 10.1 Å². The Labute approximate surface area is 97.5 Å². The Morgan fingerprint density at radius 3 is 2.71 bits per heavy atom. The van der Waals surface area contributed by atoms with Crippen molar-refractivity contribution in [1.82, 2.24) is 0 Å². The second-order valence-corrected chi connectivity index (χ2v) is 3.48. The van der Waals surface area contributed by atoms with Gasteiger partial charge in [-0.3, -0.25) is 14.9 Å². The van der Waals surface area contributed by atoms with Crippen molar-refractivity contribution in [3.63, 3.8) is 0 Å². The van der Waals surface area contributed by atoms with Gasteiger partial charge in [0, 0.05) is 6.07 Å². The van der Waals surface area contributed by atoms with E-state index in [1.54, 1.807) is 6.07 Å². The Bertz CT molecular complexity index is 447. The van der Waals surface area contributed by atoms with Crippen molar-refractivity contribution in [2.75, 3.05) is 7.11 Å². The zero-order chi connectivity index (χ0) is 13.0. The molecule has 1 aromatic rings. The predicted octanol–water partition coefficient (Wildman–Crippen LogP) is -0.0415. The van der Waals surface area contributed by atoms with Gasteiger partial charge in [0.25, 0.3) is 0 Å². The number of ether oxygens (including phenoxy) is 1. The Hall–Kier alpha value is -2.15. The van der Waals surface area contributed by atoms with Crippen LogP contribution >= 0.6 is 0 Å². The molecule has 1 aromatic carbocycles. The molecule has 0 radical (unpaired) electrons. The highest BCUT2D eigenvalue weighted by molar-refractivity contribution is 5.79. The third-order valence-electron chi connectivity index (χ3n) is 2.26. The molecule has 0 fully saturated rings. The SMILES string of the molecule is COc1ccc(CC(N)C(N)=O)cc1[N+](=O)[O-]. The highest BCUT2D eigenvalue weighted by Crippen LogP contribution is 2.27. The molecule has 0 saturated carbocycles. The molecular weight excluding hydrogens is 226 g/mol.